The normalized spacial score (nSPS) is 14.2. The van der Waals surface area contributed by atoms with Gasteiger partial charge in [-0.2, -0.15) is 4.37 Å². The third-order valence-electron chi connectivity index (χ3n) is 4.09. The van der Waals surface area contributed by atoms with E-state index in [0.29, 0.717) is 48.4 Å². The first kappa shape index (κ1) is 18.1. The predicted octanol–water partition coefficient (Wildman–Crippen LogP) is 0.789. The molecule has 1 aliphatic rings. The first-order valence-electron chi connectivity index (χ1n) is 8.21. The molecule has 0 aliphatic carbocycles. The fraction of sp³-hybridized carbons (Fsp3) is 0.438. The Morgan fingerprint density at radius 1 is 1.23 bits per heavy atom. The van der Waals surface area contributed by atoms with E-state index in [1.165, 1.54) is 11.5 Å². The zero-order chi connectivity index (χ0) is 18.5. The van der Waals surface area contributed by atoms with Crippen molar-refractivity contribution < 1.29 is 14.3 Å². The maximum Gasteiger partial charge on any atom is 0.343 e. The van der Waals surface area contributed by atoms with Gasteiger partial charge in [0.2, 0.25) is 5.95 Å². The zero-order valence-electron chi connectivity index (χ0n) is 14.6. The highest BCUT2D eigenvalue weighted by atomic mass is 32.1. The van der Waals surface area contributed by atoms with Gasteiger partial charge in [0, 0.05) is 45.6 Å². The number of carbonyl (C=O) groups is 2. The smallest absolute Gasteiger partial charge is 0.343 e. The van der Waals surface area contributed by atoms with Crippen LogP contribution in [0.25, 0.3) is 0 Å². The molecule has 2 aromatic heterocycles. The quantitative estimate of drug-likeness (QED) is 0.765. The minimum Gasteiger partial charge on any atom is -0.452 e. The number of hydrogen-bond donors (Lipinski definition) is 1. The number of hydrogen-bond acceptors (Lipinski definition) is 9. The van der Waals surface area contributed by atoms with Gasteiger partial charge < -0.3 is 19.9 Å². The fourth-order valence-electron chi connectivity index (χ4n) is 2.68. The van der Waals surface area contributed by atoms with E-state index in [1.54, 1.807) is 37.3 Å². The molecule has 0 unspecified atom stereocenters. The Kier molecular flexibility index (Phi) is 5.61. The maximum atomic E-state index is 12.3. The van der Waals surface area contributed by atoms with Crippen molar-refractivity contribution >= 4 is 34.4 Å². The second-order valence-electron chi connectivity index (χ2n) is 5.71. The molecule has 1 amide bonds. The molecule has 1 N–H and O–H groups in total. The van der Waals surface area contributed by atoms with Crippen molar-refractivity contribution in [1.29, 1.82) is 0 Å². The van der Waals surface area contributed by atoms with Crippen molar-refractivity contribution in [3.63, 3.8) is 0 Å². The van der Waals surface area contributed by atoms with E-state index in [0.717, 1.165) is 0 Å². The average molecular weight is 376 g/mol. The van der Waals surface area contributed by atoms with Gasteiger partial charge in [-0.1, -0.05) is 0 Å². The molecule has 3 rings (SSSR count). The number of anilines is 2. The monoisotopic (exact) mass is 376 g/mol. The molecule has 0 aromatic carbocycles. The van der Waals surface area contributed by atoms with Gasteiger partial charge in [0.1, 0.15) is 10.6 Å². The lowest BCUT2D eigenvalue weighted by molar-refractivity contribution is -0.134. The van der Waals surface area contributed by atoms with E-state index >= 15 is 0 Å². The molecule has 138 valence electrons. The Labute approximate surface area is 155 Å². The van der Waals surface area contributed by atoms with Crippen molar-refractivity contribution in [2.45, 2.75) is 6.92 Å². The number of aromatic nitrogens is 3. The molecule has 0 atom stereocenters. The molecule has 3 heterocycles. The van der Waals surface area contributed by atoms with E-state index < -0.39 is 5.97 Å². The standard InChI is InChI=1S/C16H20N6O3S/c1-11-13(14(17-2)26-20-11)15(24)25-10-12(23)21-6-8-22(9-7-21)16-18-4-3-5-19-16/h3-5,17H,6-10H2,1-2H3. The minimum atomic E-state index is -0.537. The van der Waals surface area contributed by atoms with Gasteiger partial charge in [0.05, 0.1) is 5.69 Å². The Morgan fingerprint density at radius 3 is 2.58 bits per heavy atom. The van der Waals surface area contributed by atoms with Crippen LogP contribution < -0.4 is 10.2 Å². The van der Waals surface area contributed by atoms with Gasteiger partial charge >= 0.3 is 5.97 Å². The number of aryl methyl sites for hydroxylation is 1. The summed E-state index contributed by atoms with van der Waals surface area (Å²) in [6.45, 7) is 3.81. The number of esters is 1. The molecule has 1 aliphatic heterocycles. The number of nitrogens with one attached hydrogen (secondary N) is 1. The molecule has 26 heavy (non-hydrogen) atoms. The van der Waals surface area contributed by atoms with E-state index in [1.807, 2.05) is 4.90 Å². The second-order valence-corrected chi connectivity index (χ2v) is 6.49. The van der Waals surface area contributed by atoms with Gasteiger partial charge in [-0.05, 0) is 24.5 Å². The van der Waals surface area contributed by atoms with Crippen LogP contribution in [0.4, 0.5) is 10.9 Å². The summed E-state index contributed by atoms with van der Waals surface area (Å²) in [5, 5.41) is 3.55. The molecule has 0 radical (unpaired) electrons. The Morgan fingerprint density at radius 2 is 1.92 bits per heavy atom. The third kappa shape index (κ3) is 3.90. The van der Waals surface area contributed by atoms with Gasteiger partial charge in [-0.3, -0.25) is 4.79 Å². The van der Waals surface area contributed by atoms with Gasteiger partial charge in [-0.25, -0.2) is 14.8 Å². The minimum absolute atomic E-state index is 0.209. The number of rotatable bonds is 5. The van der Waals surface area contributed by atoms with E-state index in [2.05, 4.69) is 19.7 Å². The molecule has 2 aromatic rings. The summed E-state index contributed by atoms with van der Waals surface area (Å²) in [6, 6.07) is 1.77. The van der Waals surface area contributed by atoms with Crippen LogP contribution in [0.15, 0.2) is 18.5 Å². The maximum absolute atomic E-state index is 12.3. The molecular weight excluding hydrogens is 356 g/mol. The number of carbonyl (C=O) groups excluding carboxylic acids is 2. The van der Waals surface area contributed by atoms with Gasteiger partial charge in [0.25, 0.3) is 5.91 Å². The lowest BCUT2D eigenvalue weighted by Gasteiger charge is -2.34. The summed E-state index contributed by atoms with van der Waals surface area (Å²) in [5.41, 5.74) is 0.977. The predicted molar refractivity (Wildman–Crippen MR) is 97.5 cm³/mol. The topological polar surface area (TPSA) is 101 Å². The highest BCUT2D eigenvalue weighted by Gasteiger charge is 2.25. The summed E-state index contributed by atoms with van der Waals surface area (Å²) in [6.07, 6.45) is 3.39. The molecule has 1 fully saturated rings. The summed E-state index contributed by atoms with van der Waals surface area (Å²) in [7, 11) is 1.71. The molecule has 9 nitrogen and oxygen atoms in total. The van der Waals surface area contributed by atoms with Crippen molar-refractivity contribution in [2.75, 3.05) is 50.1 Å². The number of piperazine rings is 1. The molecule has 10 heteroatoms. The van der Waals surface area contributed by atoms with Crippen LogP contribution in [0.3, 0.4) is 0 Å². The SMILES string of the molecule is CNc1snc(C)c1C(=O)OCC(=O)N1CCN(c2ncccn2)CC1. The van der Waals surface area contributed by atoms with Crippen LogP contribution in [-0.2, 0) is 9.53 Å². The third-order valence-corrected chi connectivity index (χ3v) is 5.04. The average Bonchev–Trinajstić information content (AvgIpc) is 3.07. The Bertz CT molecular complexity index is 774. The lowest BCUT2D eigenvalue weighted by atomic mass is 10.2. The summed E-state index contributed by atoms with van der Waals surface area (Å²) < 4.78 is 9.32. The van der Waals surface area contributed by atoms with Crippen molar-refractivity contribution in [3.8, 4) is 0 Å². The van der Waals surface area contributed by atoms with Crippen LogP contribution in [0.1, 0.15) is 16.1 Å². The second kappa shape index (κ2) is 8.09. The summed E-state index contributed by atoms with van der Waals surface area (Å²) in [5.74, 6) is -0.0878. The van der Waals surface area contributed by atoms with Crippen molar-refractivity contribution in [2.24, 2.45) is 0 Å². The van der Waals surface area contributed by atoms with Crippen molar-refractivity contribution in [3.05, 3.63) is 29.7 Å². The number of ether oxygens (including phenoxy) is 1. The first-order chi connectivity index (χ1) is 12.6. The summed E-state index contributed by atoms with van der Waals surface area (Å²) >= 11 is 1.19. The van der Waals surface area contributed by atoms with E-state index in [-0.39, 0.29) is 12.5 Å². The highest BCUT2D eigenvalue weighted by Crippen LogP contribution is 2.24. The van der Waals surface area contributed by atoms with Crippen LogP contribution in [0.2, 0.25) is 0 Å². The van der Waals surface area contributed by atoms with Crippen LogP contribution in [-0.4, -0.2) is 71.0 Å². The summed E-state index contributed by atoms with van der Waals surface area (Å²) in [4.78, 5) is 36.7. The highest BCUT2D eigenvalue weighted by molar-refractivity contribution is 7.10. The number of amides is 1. The van der Waals surface area contributed by atoms with E-state index in [4.69, 9.17) is 4.74 Å². The van der Waals surface area contributed by atoms with Crippen LogP contribution in [0, 0.1) is 6.92 Å². The van der Waals surface area contributed by atoms with Gasteiger partial charge in [0.15, 0.2) is 6.61 Å². The number of nitrogens with zero attached hydrogens (tertiary/aromatic N) is 5. The lowest BCUT2D eigenvalue weighted by Crippen LogP contribution is -2.50. The molecule has 0 bridgehead atoms. The fourth-order valence-corrected chi connectivity index (χ4v) is 3.41. The Hall–Kier alpha value is -2.75. The molecular formula is C16H20N6O3S. The Balaban J connectivity index is 1.50. The first-order valence-corrected chi connectivity index (χ1v) is 8.98. The van der Waals surface area contributed by atoms with Crippen LogP contribution >= 0.6 is 11.5 Å². The van der Waals surface area contributed by atoms with Crippen molar-refractivity contribution in [1.82, 2.24) is 19.2 Å². The zero-order valence-corrected chi connectivity index (χ0v) is 15.5. The molecule has 1 saturated heterocycles. The largest absolute Gasteiger partial charge is 0.452 e. The van der Waals surface area contributed by atoms with Crippen LogP contribution in [0.5, 0.6) is 0 Å². The molecule has 0 saturated carbocycles. The van der Waals surface area contributed by atoms with Gasteiger partial charge in [-0.15, -0.1) is 0 Å². The molecule has 0 spiro atoms. The van der Waals surface area contributed by atoms with E-state index in [9.17, 15) is 9.59 Å².